The van der Waals surface area contributed by atoms with E-state index in [1.807, 2.05) is 6.92 Å². The number of fused-ring (bicyclic) bond motifs is 10. The van der Waals surface area contributed by atoms with Crippen LogP contribution in [0.15, 0.2) is 49.1 Å². The molecule has 0 bridgehead atoms. The molecule has 11 rings (SSSR count). The molecule has 23 heteroatoms. The van der Waals surface area contributed by atoms with Gasteiger partial charge in [0.25, 0.3) is 0 Å². The van der Waals surface area contributed by atoms with E-state index in [4.69, 9.17) is 60.8 Å². The summed E-state index contributed by atoms with van der Waals surface area (Å²) < 4.78 is 151. The van der Waals surface area contributed by atoms with Gasteiger partial charge in [0.05, 0.1) is 121 Å². The van der Waals surface area contributed by atoms with Crippen molar-refractivity contribution in [2.24, 2.45) is 5.92 Å². The molecule has 11 aliphatic rings. The molecule has 0 saturated carbocycles. The summed E-state index contributed by atoms with van der Waals surface area (Å²) in [5, 5.41) is 24.0. The Balaban J connectivity index is 0.749. The Morgan fingerprint density at radius 3 is 1.91 bits per heavy atom. The fourth-order valence-corrected chi connectivity index (χ4v) is 16.2. The van der Waals surface area contributed by atoms with Crippen LogP contribution in [-0.4, -0.2) is 193 Å². The van der Waals surface area contributed by atoms with Gasteiger partial charge in [0.1, 0.15) is 35.6 Å². The molecule has 0 aromatic carbocycles. The minimum absolute atomic E-state index is 0.00240. The van der Waals surface area contributed by atoms with Crippen LogP contribution in [0.2, 0.25) is 0 Å². The molecule has 0 aliphatic carbocycles. The quantitative estimate of drug-likeness (QED) is 0.120. The van der Waals surface area contributed by atoms with Gasteiger partial charge in [0, 0.05) is 51.4 Å². The number of aliphatic hydroxyl groups is 2. The van der Waals surface area contributed by atoms with Crippen molar-refractivity contribution in [2.45, 2.75) is 282 Å². The minimum atomic E-state index is -4.95. The largest absolute Gasteiger partial charge is 0.397 e. The molecule has 11 fully saturated rings. The first kappa shape index (κ1) is 58.0. The molecule has 0 aromatic heterocycles. The normalized spacial score (nSPS) is 51.0. The maximum atomic E-state index is 12.3. The number of hydrogen-bond acceptors (Lipinski definition) is 19. The molecule has 26 atom stereocenters. The lowest BCUT2D eigenvalue weighted by molar-refractivity contribution is -0.369. The highest BCUT2D eigenvalue weighted by Crippen LogP contribution is 2.54. The van der Waals surface area contributed by atoms with E-state index in [1.165, 1.54) is 6.92 Å². The summed E-state index contributed by atoms with van der Waals surface area (Å²) in [5.41, 5.74) is -3.71. The molecular weight excluding hydrogens is 1060 g/mol. The molecule has 0 aromatic rings. The lowest BCUT2D eigenvalue weighted by atomic mass is 9.73. The first-order valence-electron chi connectivity index (χ1n) is 28.2. The highest BCUT2D eigenvalue weighted by atomic mass is 32.3. The highest BCUT2D eigenvalue weighted by Gasteiger charge is 2.65. The molecule has 11 aliphatic heterocycles. The maximum absolute atomic E-state index is 12.3. The smallest absolute Gasteiger partial charge is 0.387 e. The summed E-state index contributed by atoms with van der Waals surface area (Å²) in [4.78, 5) is 0. The zero-order valence-electron chi connectivity index (χ0n) is 45.6. The van der Waals surface area contributed by atoms with E-state index in [-0.39, 0.29) is 67.6 Å². The molecule has 4 N–H and O–H groups in total. The van der Waals surface area contributed by atoms with Crippen LogP contribution in [0.25, 0.3) is 0 Å². The van der Waals surface area contributed by atoms with E-state index < -0.39 is 129 Å². The van der Waals surface area contributed by atoms with Gasteiger partial charge >= 0.3 is 20.8 Å². The number of rotatable bonds is 11. The van der Waals surface area contributed by atoms with Crippen LogP contribution < -0.4 is 0 Å². The van der Waals surface area contributed by atoms with Crippen molar-refractivity contribution in [3.8, 4) is 0 Å². The number of hydrogen-bond donors (Lipinski definition) is 4. The summed E-state index contributed by atoms with van der Waals surface area (Å²) in [6, 6.07) is 0. The molecule has 0 spiro atoms. The Labute approximate surface area is 458 Å². The van der Waals surface area contributed by atoms with Gasteiger partial charge in [-0.3, -0.25) is 9.11 Å². The van der Waals surface area contributed by atoms with Gasteiger partial charge in [-0.05, 0) is 84.6 Å². The van der Waals surface area contributed by atoms with E-state index in [9.17, 15) is 31.6 Å². The second-order valence-electron chi connectivity index (χ2n) is 25.5. The van der Waals surface area contributed by atoms with E-state index in [0.29, 0.717) is 69.8 Å². The summed E-state index contributed by atoms with van der Waals surface area (Å²) >= 11 is 0. The Kier molecular flexibility index (Phi) is 15.6. The molecule has 78 heavy (non-hydrogen) atoms. The summed E-state index contributed by atoms with van der Waals surface area (Å²) in [6.45, 7) is 23.2. The van der Waals surface area contributed by atoms with E-state index in [0.717, 1.165) is 18.4 Å². The van der Waals surface area contributed by atoms with Gasteiger partial charge in [0.15, 0.2) is 0 Å². The Hall–Kier alpha value is -1.82. The van der Waals surface area contributed by atoms with Crippen molar-refractivity contribution < 1.29 is 96.6 Å². The molecular formula is C55H82O21S2. The summed E-state index contributed by atoms with van der Waals surface area (Å²) in [5.74, 6) is 0.0665. The summed E-state index contributed by atoms with van der Waals surface area (Å²) in [6.07, 6.45) is 1.75. The Morgan fingerprint density at radius 2 is 1.26 bits per heavy atom. The van der Waals surface area contributed by atoms with Crippen LogP contribution >= 0.6 is 0 Å². The van der Waals surface area contributed by atoms with Gasteiger partial charge in [-0.1, -0.05) is 43.9 Å². The van der Waals surface area contributed by atoms with Crippen molar-refractivity contribution in [2.75, 3.05) is 6.61 Å². The predicted molar refractivity (Wildman–Crippen MR) is 276 cm³/mol. The first-order chi connectivity index (χ1) is 36.5. The molecule has 440 valence electrons. The number of allylic oxidation sites excluding steroid dienone is 3. The predicted octanol–water partition coefficient (Wildman–Crippen LogP) is 5.06. The van der Waals surface area contributed by atoms with E-state index in [1.54, 1.807) is 25.2 Å². The third-order valence-electron chi connectivity index (χ3n) is 19.6. The van der Waals surface area contributed by atoms with Crippen molar-refractivity contribution in [3.63, 3.8) is 0 Å². The molecule has 0 radical (unpaired) electrons. The van der Waals surface area contributed by atoms with Crippen LogP contribution in [0.1, 0.15) is 131 Å². The van der Waals surface area contributed by atoms with Crippen molar-refractivity contribution in [3.05, 3.63) is 49.1 Å². The minimum Gasteiger partial charge on any atom is -0.387 e. The topological polar surface area (TPSA) is 269 Å². The van der Waals surface area contributed by atoms with Gasteiger partial charge in [-0.15, -0.1) is 6.58 Å². The second kappa shape index (κ2) is 21.1. The zero-order valence-corrected chi connectivity index (χ0v) is 47.3. The summed E-state index contributed by atoms with van der Waals surface area (Å²) in [7, 11) is -9.74. The average molecular weight is 1140 g/mol. The van der Waals surface area contributed by atoms with Gasteiger partial charge in [-0.25, -0.2) is 8.37 Å². The molecule has 11 heterocycles. The SMILES string of the molecule is C=CCC(=C)/C=C/[C@](C)(O)[C@H]1O[C@@H]2C[C@@H]3O[C@@H]4C[C@@H]5O[C@@H]6C[C@@H]7O[C@@H]8C[C@@H]9O[C@@H]%10C[C@@H]%11O[C@](C)(CCOS(=O)(=O)O)[C@@H](OS(=O)(=O)O)C[C@H]%11O[C@H]%10C[C@H]9O[C@H]8CC[C@@]7(C)O[C@@]6(C)CC[C@H](C)[C@H]5O[C@H]4[C@@H](O)[C@@]3(C)O[C@H]2CC1=C. The third kappa shape index (κ3) is 11.2. The van der Waals surface area contributed by atoms with Crippen molar-refractivity contribution in [1.82, 2.24) is 0 Å². The number of aliphatic hydroxyl groups excluding tert-OH is 1. The third-order valence-corrected chi connectivity index (χ3v) is 20.6. The zero-order chi connectivity index (χ0) is 55.7. The fraction of sp³-hybridized carbons (Fsp3) is 0.855. The Bertz CT molecular complexity index is 2540. The van der Waals surface area contributed by atoms with Gasteiger partial charge < -0.3 is 62.3 Å². The highest BCUT2D eigenvalue weighted by molar-refractivity contribution is 7.81. The molecule has 11 saturated heterocycles. The van der Waals surface area contributed by atoms with Crippen LogP contribution in [0.4, 0.5) is 0 Å². The van der Waals surface area contributed by atoms with E-state index >= 15 is 0 Å². The lowest BCUT2D eigenvalue weighted by Gasteiger charge is -2.61. The van der Waals surface area contributed by atoms with Gasteiger partial charge in [-0.2, -0.15) is 16.8 Å². The van der Waals surface area contributed by atoms with Crippen LogP contribution in [0.3, 0.4) is 0 Å². The van der Waals surface area contributed by atoms with Crippen LogP contribution in [0.5, 0.6) is 0 Å². The Morgan fingerprint density at radius 1 is 0.692 bits per heavy atom. The van der Waals surface area contributed by atoms with Crippen LogP contribution in [0, 0.1) is 5.92 Å². The van der Waals surface area contributed by atoms with Crippen molar-refractivity contribution >= 4 is 20.8 Å². The lowest BCUT2D eigenvalue weighted by Crippen LogP contribution is -2.74. The first-order valence-corrected chi connectivity index (χ1v) is 30.9. The number of ether oxygens (including phenoxy) is 11. The van der Waals surface area contributed by atoms with Crippen molar-refractivity contribution in [1.29, 1.82) is 0 Å². The molecule has 0 unspecified atom stereocenters. The monoisotopic (exact) mass is 1140 g/mol. The average Bonchev–Trinajstić information content (AvgIpc) is 3.48. The maximum Gasteiger partial charge on any atom is 0.397 e. The molecule has 21 nitrogen and oxygen atoms in total. The van der Waals surface area contributed by atoms with Crippen LogP contribution in [-0.2, 0) is 81.3 Å². The second-order valence-corrected chi connectivity index (χ2v) is 27.7. The standard InChI is InChI=1S/C55H82O21S2/c1-10-11-28(2)12-15-51(5,57)50-30(4)20-39-38(71-50)26-46-55(9,74-39)49(56)48-42(70-46)24-41-47(72-48)29(3)13-16-53(7)44(69-41)27-43-54(8,76-53)17-14-31-32(68-43)21-34-33(65-31)22-35-36(66-34)23-40-37(67-35)25-45(75-78(61,62)63)52(6,73-40)18-19-64-77(58,59)60/h10,12,15,29,31-50,56-57H,1-2,4,11,13-14,16-27H2,3,5-9H3,(H,58,59,60)(H,61,62,63)/b15-12+/t29-,31-,32+,33+,34-,35-,36+,37+,38+,39-,40-,41-,42+,43-,44+,45-,46-,47+,48+,49+,50-,51-,52+,53-,54+,55-/m0/s1. The molecule has 0 amide bonds. The van der Waals surface area contributed by atoms with Gasteiger partial charge in [0.2, 0.25) is 0 Å². The van der Waals surface area contributed by atoms with E-state index in [2.05, 4.69) is 44.7 Å². The fourth-order valence-electron chi connectivity index (χ4n) is 15.3.